The Bertz CT molecular complexity index is 811. The van der Waals surface area contributed by atoms with Crippen LogP contribution in [0.15, 0.2) is 42.5 Å². The largest absolute Gasteiger partial charge is 0.331 e. The van der Waals surface area contributed by atoms with Crippen LogP contribution >= 0.6 is 12.2 Å². The number of nitrogens with zero attached hydrogens (tertiary/aromatic N) is 1. The molecule has 0 unspecified atom stereocenters. The maximum absolute atomic E-state index is 5.48. The monoisotopic (exact) mass is 282 g/mol. The van der Waals surface area contributed by atoms with Gasteiger partial charge in [-0.2, -0.15) is 0 Å². The lowest BCUT2D eigenvalue weighted by molar-refractivity contribution is 0.799. The van der Waals surface area contributed by atoms with Gasteiger partial charge < -0.3 is 9.55 Å². The van der Waals surface area contributed by atoms with Crippen LogP contribution in [0.25, 0.3) is 11.0 Å². The summed E-state index contributed by atoms with van der Waals surface area (Å²) in [6, 6.07) is 15.0. The highest BCUT2D eigenvalue weighted by molar-refractivity contribution is 7.71. The smallest absolute Gasteiger partial charge is 0.178 e. The molecule has 1 heterocycles. The lowest BCUT2D eigenvalue weighted by atomic mass is 10.1. The number of aryl methyl sites for hydroxylation is 2. The van der Waals surface area contributed by atoms with Crippen molar-refractivity contribution in [2.75, 3.05) is 0 Å². The standard InChI is InChI=1S/C17H18N2S/c1-3-13-6-4-5-7-14(13)11-19-16-9-8-12(2)10-15(16)18-17(19)20/h4-10H,3,11H2,1-2H3,(H,18,20). The molecule has 2 nitrogen and oxygen atoms in total. The summed E-state index contributed by atoms with van der Waals surface area (Å²) >= 11 is 5.48. The average Bonchev–Trinajstić information content (AvgIpc) is 2.75. The van der Waals surface area contributed by atoms with E-state index in [2.05, 4.69) is 65.9 Å². The normalized spacial score (nSPS) is 11.1. The molecule has 3 aromatic rings. The van der Waals surface area contributed by atoms with E-state index in [9.17, 15) is 0 Å². The van der Waals surface area contributed by atoms with Gasteiger partial charge in [-0.15, -0.1) is 0 Å². The summed E-state index contributed by atoms with van der Waals surface area (Å²) < 4.78 is 2.97. The zero-order valence-electron chi connectivity index (χ0n) is 11.8. The van der Waals surface area contributed by atoms with Gasteiger partial charge in [0, 0.05) is 0 Å². The number of fused-ring (bicyclic) bond motifs is 1. The second-order valence-corrected chi connectivity index (χ2v) is 5.55. The fourth-order valence-electron chi connectivity index (χ4n) is 2.66. The predicted molar refractivity (Wildman–Crippen MR) is 86.8 cm³/mol. The van der Waals surface area contributed by atoms with Crippen molar-refractivity contribution in [2.45, 2.75) is 26.8 Å². The fourth-order valence-corrected chi connectivity index (χ4v) is 2.93. The molecule has 0 amide bonds. The number of aromatic amines is 1. The van der Waals surface area contributed by atoms with E-state index >= 15 is 0 Å². The number of benzene rings is 2. The SMILES string of the molecule is CCc1ccccc1Cn1c(=S)[nH]c2cc(C)ccc21. The van der Waals surface area contributed by atoms with Crippen LogP contribution in [0.2, 0.25) is 0 Å². The Hall–Kier alpha value is -1.87. The van der Waals surface area contributed by atoms with Crippen molar-refractivity contribution in [3.8, 4) is 0 Å². The molecule has 0 saturated heterocycles. The van der Waals surface area contributed by atoms with Gasteiger partial charge in [-0.1, -0.05) is 37.3 Å². The Morgan fingerprint density at radius 1 is 1.10 bits per heavy atom. The van der Waals surface area contributed by atoms with Gasteiger partial charge in [0.15, 0.2) is 4.77 Å². The quantitative estimate of drug-likeness (QED) is 0.695. The third-order valence-electron chi connectivity index (χ3n) is 3.76. The van der Waals surface area contributed by atoms with Crippen LogP contribution < -0.4 is 0 Å². The molecule has 0 radical (unpaired) electrons. The number of rotatable bonds is 3. The van der Waals surface area contributed by atoms with E-state index < -0.39 is 0 Å². The molecule has 20 heavy (non-hydrogen) atoms. The predicted octanol–water partition coefficient (Wildman–Crippen LogP) is 4.62. The van der Waals surface area contributed by atoms with Crippen LogP contribution in [-0.4, -0.2) is 9.55 Å². The molecular formula is C17H18N2S. The van der Waals surface area contributed by atoms with Crippen LogP contribution in [0.4, 0.5) is 0 Å². The second-order valence-electron chi connectivity index (χ2n) is 5.16. The van der Waals surface area contributed by atoms with Crippen molar-refractivity contribution in [3.05, 3.63) is 63.9 Å². The molecule has 0 aliphatic rings. The van der Waals surface area contributed by atoms with Crippen LogP contribution in [0, 0.1) is 11.7 Å². The number of hydrogen-bond acceptors (Lipinski definition) is 1. The summed E-state index contributed by atoms with van der Waals surface area (Å²) in [4.78, 5) is 3.30. The van der Waals surface area contributed by atoms with Gasteiger partial charge in [0.1, 0.15) is 0 Å². The highest BCUT2D eigenvalue weighted by atomic mass is 32.1. The first-order valence-electron chi connectivity index (χ1n) is 6.95. The van der Waals surface area contributed by atoms with E-state index in [0.717, 1.165) is 23.3 Å². The highest BCUT2D eigenvalue weighted by Crippen LogP contribution is 2.19. The first-order chi connectivity index (χ1) is 9.69. The number of imidazole rings is 1. The molecule has 3 heteroatoms. The molecule has 3 rings (SSSR count). The summed E-state index contributed by atoms with van der Waals surface area (Å²) in [5.74, 6) is 0. The minimum absolute atomic E-state index is 0.788. The molecule has 1 N–H and O–H groups in total. The van der Waals surface area contributed by atoms with Crippen LogP contribution in [0.5, 0.6) is 0 Å². The first-order valence-corrected chi connectivity index (χ1v) is 7.36. The van der Waals surface area contributed by atoms with Crippen LogP contribution in [0.1, 0.15) is 23.6 Å². The third kappa shape index (κ3) is 2.29. The first kappa shape index (κ1) is 13.1. The van der Waals surface area contributed by atoms with Crippen molar-refractivity contribution in [2.24, 2.45) is 0 Å². The van der Waals surface area contributed by atoms with E-state index in [4.69, 9.17) is 12.2 Å². The highest BCUT2D eigenvalue weighted by Gasteiger charge is 2.07. The van der Waals surface area contributed by atoms with E-state index in [0.29, 0.717) is 0 Å². The van der Waals surface area contributed by atoms with Crippen LogP contribution in [-0.2, 0) is 13.0 Å². The lowest BCUT2D eigenvalue weighted by Crippen LogP contribution is -2.02. The van der Waals surface area contributed by atoms with Crippen LogP contribution in [0.3, 0.4) is 0 Å². The van der Waals surface area contributed by atoms with E-state index in [1.165, 1.54) is 22.2 Å². The van der Waals surface area contributed by atoms with Crippen molar-refractivity contribution >= 4 is 23.3 Å². The molecule has 2 aromatic carbocycles. The summed E-state index contributed by atoms with van der Waals surface area (Å²) in [5, 5.41) is 0. The number of nitrogens with one attached hydrogen (secondary N) is 1. The van der Waals surface area contributed by atoms with Gasteiger partial charge in [0.2, 0.25) is 0 Å². The number of H-pyrrole nitrogens is 1. The second kappa shape index (κ2) is 5.25. The lowest BCUT2D eigenvalue weighted by Gasteiger charge is -2.09. The molecule has 0 atom stereocenters. The summed E-state index contributed by atoms with van der Waals surface area (Å²) in [6.07, 6.45) is 1.05. The van der Waals surface area contributed by atoms with Gasteiger partial charge in [-0.3, -0.25) is 0 Å². The molecule has 0 fully saturated rings. The Kier molecular flexibility index (Phi) is 3.45. The third-order valence-corrected chi connectivity index (χ3v) is 4.08. The molecular weight excluding hydrogens is 264 g/mol. The van der Waals surface area contributed by atoms with Crippen molar-refractivity contribution in [1.29, 1.82) is 0 Å². The van der Waals surface area contributed by atoms with Gasteiger partial charge in [-0.05, 0) is 54.4 Å². The zero-order chi connectivity index (χ0) is 14.1. The van der Waals surface area contributed by atoms with Gasteiger partial charge in [0.05, 0.1) is 17.6 Å². The van der Waals surface area contributed by atoms with Crippen molar-refractivity contribution < 1.29 is 0 Å². The average molecular weight is 282 g/mol. The summed E-state index contributed by atoms with van der Waals surface area (Å²) in [6.45, 7) is 5.11. The van der Waals surface area contributed by atoms with Gasteiger partial charge in [0.25, 0.3) is 0 Å². The minimum Gasteiger partial charge on any atom is -0.331 e. The Balaban J connectivity index is 2.11. The van der Waals surface area contributed by atoms with Gasteiger partial charge in [-0.25, -0.2) is 0 Å². The number of hydrogen-bond donors (Lipinski definition) is 1. The molecule has 1 aromatic heterocycles. The van der Waals surface area contributed by atoms with E-state index in [1.807, 2.05) is 0 Å². The maximum atomic E-state index is 5.48. The van der Waals surface area contributed by atoms with Gasteiger partial charge >= 0.3 is 0 Å². The van der Waals surface area contributed by atoms with E-state index in [-0.39, 0.29) is 0 Å². The van der Waals surface area contributed by atoms with E-state index in [1.54, 1.807) is 0 Å². The van der Waals surface area contributed by atoms with Crippen molar-refractivity contribution in [1.82, 2.24) is 9.55 Å². The molecule has 0 aliphatic carbocycles. The molecule has 0 spiro atoms. The fraction of sp³-hybridized carbons (Fsp3) is 0.235. The summed E-state index contributed by atoms with van der Waals surface area (Å²) in [5.41, 5.74) is 6.26. The zero-order valence-corrected chi connectivity index (χ0v) is 12.6. The Morgan fingerprint density at radius 2 is 1.85 bits per heavy atom. The molecule has 0 aliphatic heterocycles. The maximum Gasteiger partial charge on any atom is 0.178 e. The molecule has 0 saturated carbocycles. The summed E-state index contributed by atoms with van der Waals surface area (Å²) in [7, 11) is 0. The van der Waals surface area contributed by atoms with Crippen molar-refractivity contribution in [3.63, 3.8) is 0 Å². The Morgan fingerprint density at radius 3 is 2.60 bits per heavy atom. The Labute approximate surface area is 124 Å². The molecule has 0 bridgehead atoms. The topological polar surface area (TPSA) is 20.7 Å². The minimum atomic E-state index is 0.788. The molecule has 102 valence electrons. The number of aromatic nitrogens is 2.